The van der Waals surface area contributed by atoms with Crippen LogP contribution in [0.1, 0.15) is 99.8 Å². The van der Waals surface area contributed by atoms with Gasteiger partial charge < -0.3 is 64.5 Å². The monoisotopic (exact) mass is 780 g/mol. The van der Waals surface area contributed by atoms with E-state index in [-0.39, 0.29) is 51.4 Å². The first-order valence-corrected chi connectivity index (χ1v) is 20.9. The molecule has 13 heteroatoms. The molecule has 314 valence electrons. The molecule has 0 radical (unpaired) electrons. The van der Waals surface area contributed by atoms with Crippen molar-refractivity contribution in [1.82, 2.24) is 0 Å². The van der Waals surface area contributed by atoms with Crippen LogP contribution in [0.3, 0.4) is 0 Å². The highest BCUT2D eigenvalue weighted by atomic mass is 16.7. The normalized spacial score (nSPS) is 59.7. The summed E-state index contributed by atoms with van der Waals surface area (Å²) in [4.78, 5) is 0. The Morgan fingerprint density at radius 2 is 1.44 bits per heavy atom. The number of rotatable bonds is 6. The zero-order valence-corrected chi connectivity index (χ0v) is 33.7. The molecule has 0 aromatic carbocycles. The molecule has 55 heavy (non-hydrogen) atoms. The van der Waals surface area contributed by atoms with E-state index >= 15 is 0 Å². The van der Waals surface area contributed by atoms with E-state index in [2.05, 4.69) is 53.7 Å². The average molecular weight is 781 g/mol. The number of fused-ring (bicyclic) bond motifs is 4. The van der Waals surface area contributed by atoms with Crippen molar-refractivity contribution in [2.45, 2.75) is 179 Å². The Balaban J connectivity index is 1.05. The second kappa shape index (κ2) is 13.4. The molecule has 8 aliphatic rings. The summed E-state index contributed by atoms with van der Waals surface area (Å²) in [5.41, 5.74) is -1.90. The molecule has 8 N–H and O–H groups in total. The maximum atomic E-state index is 12.1. The molecule has 4 saturated carbocycles. The van der Waals surface area contributed by atoms with Gasteiger partial charge in [0.25, 0.3) is 0 Å². The lowest BCUT2D eigenvalue weighted by atomic mass is 9.32. The summed E-state index contributed by atoms with van der Waals surface area (Å²) >= 11 is 0. The molecule has 0 amide bonds. The number of ether oxygens (including phenoxy) is 5. The zero-order valence-electron chi connectivity index (χ0n) is 33.7. The second-order valence-electron chi connectivity index (χ2n) is 21.0. The molecule has 3 saturated heterocycles. The van der Waals surface area contributed by atoms with Crippen molar-refractivity contribution in [3.8, 4) is 0 Å². The highest BCUT2D eigenvalue weighted by molar-refractivity contribution is 5.36. The summed E-state index contributed by atoms with van der Waals surface area (Å²) in [7, 11) is 0. The SMILES string of the molecule is C[C@H]1O[C@@H](O[C@H]2CC[C@@]3(C)C(CC[C@]4(C)C3C=C[C@]35OC[C@@]6(CCC(C)(C)CC63)[C@@H](O)C[C@]54C)[C@]2(C)CO)[C@H](O)[C@@H](O[C@@H]2O[C@H](CO)[C@@H](O)[C@H](O)[C@H]2O)[C@H]1O. The molecule has 3 heterocycles. The van der Waals surface area contributed by atoms with E-state index in [0.29, 0.717) is 19.4 Å². The van der Waals surface area contributed by atoms with Crippen LogP contribution in [-0.2, 0) is 23.7 Å². The van der Waals surface area contributed by atoms with Crippen LogP contribution in [0.25, 0.3) is 0 Å². The molecule has 0 aromatic heterocycles. The van der Waals surface area contributed by atoms with Crippen molar-refractivity contribution in [2.24, 2.45) is 50.2 Å². The number of allylic oxidation sites excluding steroid dienone is 1. The van der Waals surface area contributed by atoms with E-state index in [4.69, 9.17) is 23.7 Å². The van der Waals surface area contributed by atoms with Gasteiger partial charge in [0.15, 0.2) is 12.6 Å². The number of aliphatic hydroxyl groups excluding tert-OH is 8. The molecular weight excluding hydrogens is 712 g/mol. The fraction of sp³-hybridized carbons (Fsp3) is 0.952. The van der Waals surface area contributed by atoms with Gasteiger partial charge in [0.1, 0.15) is 42.7 Å². The summed E-state index contributed by atoms with van der Waals surface area (Å²) in [6, 6.07) is 0. The summed E-state index contributed by atoms with van der Waals surface area (Å²) in [5, 5.41) is 87.0. The van der Waals surface area contributed by atoms with Gasteiger partial charge in [0.05, 0.1) is 43.7 Å². The third-order valence-electron chi connectivity index (χ3n) is 17.9. The first-order valence-electron chi connectivity index (χ1n) is 20.9. The molecular formula is C42H68O13. The van der Waals surface area contributed by atoms with Gasteiger partial charge in [0.2, 0.25) is 0 Å². The van der Waals surface area contributed by atoms with Crippen LogP contribution >= 0.6 is 0 Å². The van der Waals surface area contributed by atoms with Crippen LogP contribution in [0.15, 0.2) is 12.2 Å². The van der Waals surface area contributed by atoms with Crippen molar-refractivity contribution in [1.29, 1.82) is 0 Å². The summed E-state index contributed by atoms with van der Waals surface area (Å²) in [5.74, 6) is 0.449. The Bertz CT molecular complexity index is 1490. The molecule has 8 rings (SSSR count). The van der Waals surface area contributed by atoms with E-state index < -0.39 is 91.2 Å². The van der Waals surface area contributed by atoms with Gasteiger partial charge in [-0.05, 0) is 86.4 Å². The van der Waals surface area contributed by atoms with E-state index in [1.807, 2.05) is 0 Å². The molecule has 3 unspecified atom stereocenters. The molecule has 13 nitrogen and oxygen atoms in total. The lowest BCUT2D eigenvalue weighted by Gasteiger charge is -2.73. The average Bonchev–Trinajstić information content (AvgIpc) is 3.41. The standard InChI is InChI=1S/C42H68O13/c1-21-28(46)33(55-34-31(49)30(48)29(47)22(18-43)53-34)32(50)35(52-21)54-27-10-11-37(4)23(38(27,5)19-44)8-12-39(6)24(37)9-13-42-25-16-36(2,3)14-15-41(25,20-51-42)26(45)17-40(39,42)7/h9,13,21-35,43-50H,8,10-12,14-20H2,1-7H3/t21-,22-,23?,24?,25?,26+,27+,28+,29-,30+,31-,32-,33+,34+,35+,37+,38+,39-,40+,41-,42+/m1/s1. The van der Waals surface area contributed by atoms with Crippen molar-refractivity contribution in [2.75, 3.05) is 19.8 Å². The topological polar surface area (TPSA) is 208 Å². The molecule has 5 aliphatic carbocycles. The third-order valence-corrected chi connectivity index (χ3v) is 17.9. The van der Waals surface area contributed by atoms with Gasteiger partial charge in [-0.3, -0.25) is 0 Å². The third kappa shape index (κ3) is 5.44. The van der Waals surface area contributed by atoms with Crippen LogP contribution in [0.2, 0.25) is 0 Å². The lowest BCUT2D eigenvalue weighted by Crippen LogP contribution is -2.72. The fourth-order valence-corrected chi connectivity index (χ4v) is 14.3. The quantitative estimate of drug-likeness (QED) is 0.143. The van der Waals surface area contributed by atoms with E-state index in [1.165, 1.54) is 0 Å². The Hall–Kier alpha value is -0.780. The van der Waals surface area contributed by atoms with Gasteiger partial charge in [-0.1, -0.05) is 53.7 Å². The highest BCUT2D eigenvalue weighted by Gasteiger charge is 2.79. The summed E-state index contributed by atoms with van der Waals surface area (Å²) in [6.07, 6.45) is -3.39. The van der Waals surface area contributed by atoms with Crippen LogP contribution in [0, 0.1) is 50.2 Å². The molecule has 0 aromatic rings. The highest BCUT2D eigenvalue weighted by Crippen LogP contribution is 2.79. The lowest BCUT2D eigenvalue weighted by molar-refractivity contribution is -0.367. The molecule has 21 atom stereocenters. The predicted octanol–water partition coefficient (Wildman–Crippen LogP) is 1.78. The fourth-order valence-electron chi connectivity index (χ4n) is 14.3. The Morgan fingerprint density at radius 1 is 0.727 bits per heavy atom. The van der Waals surface area contributed by atoms with E-state index in [9.17, 15) is 40.9 Å². The van der Waals surface area contributed by atoms with Gasteiger partial charge in [-0.15, -0.1) is 0 Å². The van der Waals surface area contributed by atoms with Gasteiger partial charge in [0, 0.05) is 22.2 Å². The minimum Gasteiger partial charge on any atom is -0.396 e. The first kappa shape index (κ1) is 41.0. The number of hydrogen-bond acceptors (Lipinski definition) is 13. The zero-order chi connectivity index (χ0) is 39.9. The molecule has 7 fully saturated rings. The Kier molecular flexibility index (Phi) is 9.95. The Labute approximate surface area is 325 Å². The van der Waals surface area contributed by atoms with Crippen molar-refractivity contribution < 1.29 is 64.5 Å². The van der Waals surface area contributed by atoms with Crippen molar-refractivity contribution >= 4 is 0 Å². The van der Waals surface area contributed by atoms with Gasteiger partial charge >= 0.3 is 0 Å². The van der Waals surface area contributed by atoms with Gasteiger partial charge in [-0.25, -0.2) is 0 Å². The molecule has 1 spiro atoms. The van der Waals surface area contributed by atoms with Gasteiger partial charge in [-0.2, -0.15) is 0 Å². The maximum absolute atomic E-state index is 12.1. The minimum atomic E-state index is -1.72. The van der Waals surface area contributed by atoms with E-state index in [1.54, 1.807) is 6.92 Å². The predicted molar refractivity (Wildman–Crippen MR) is 197 cm³/mol. The number of aliphatic hydroxyl groups is 8. The smallest absolute Gasteiger partial charge is 0.187 e. The Morgan fingerprint density at radius 3 is 2.13 bits per heavy atom. The molecule has 3 aliphatic heterocycles. The minimum absolute atomic E-state index is 0.0414. The van der Waals surface area contributed by atoms with Crippen LogP contribution < -0.4 is 0 Å². The summed E-state index contributed by atoms with van der Waals surface area (Å²) < 4.78 is 31.2. The molecule has 2 bridgehead atoms. The maximum Gasteiger partial charge on any atom is 0.187 e. The second-order valence-corrected chi connectivity index (χ2v) is 21.0. The van der Waals surface area contributed by atoms with Crippen molar-refractivity contribution in [3.05, 3.63) is 12.2 Å². The number of hydrogen-bond donors (Lipinski definition) is 8. The largest absolute Gasteiger partial charge is 0.396 e. The van der Waals surface area contributed by atoms with Crippen LogP contribution in [0.4, 0.5) is 0 Å². The van der Waals surface area contributed by atoms with Crippen LogP contribution in [0.5, 0.6) is 0 Å². The van der Waals surface area contributed by atoms with Crippen molar-refractivity contribution in [3.63, 3.8) is 0 Å². The van der Waals surface area contributed by atoms with E-state index in [0.717, 1.165) is 38.5 Å². The summed E-state index contributed by atoms with van der Waals surface area (Å²) in [6.45, 7) is 15.4. The van der Waals surface area contributed by atoms with Crippen LogP contribution in [-0.4, -0.2) is 140 Å². The first-order chi connectivity index (χ1) is 25.7.